The minimum Gasteiger partial charge on any atom is -0.374 e. The maximum absolute atomic E-state index is 3.71. The summed E-state index contributed by atoms with van der Waals surface area (Å²) in [6, 6.07) is 0. The smallest absolute Gasteiger partial charge is 0.0672 e. The summed E-state index contributed by atoms with van der Waals surface area (Å²) in [4.78, 5) is 0. The Kier molecular flexibility index (Phi) is 2.11. The maximum Gasteiger partial charge on any atom is 0.0672 e. The van der Waals surface area contributed by atoms with Gasteiger partial charge in [-0.1, -0.05) is 12.8 Å². The summed E-state index contributed by atoms with van der Waals surface area (Å²) >= 11 is 2.02. The van der Waals surface area contributed by atoms with E-state index in [4.69, 9.17) is 0 Å². The second-order valence-corrected chi connectivity index (χ2v) is 5.22. The minimum atomic E-state index is 0.497. The molecule has 2 rings (SSSR count). The lowest BCUT2D eigenvalue weighted by molar-refractivity contribution is 0.432. The molecular formula is C10H17NS. The molecule has 1 N–H and O–H groups in total. The number of rotatable bonds is 0. The molecule has 1 spiro atoms. The van der Waals surface area contributed by atoms with E-state index in [2.05, 4.69) is 19.2 Å². The second-order valence-electron chi connectivity index (χ2n) is 4.23. The van der Waals surface area contributed by atoms with E-state index in [1.165, 1.54) is 42.0 Å². The number of hydrogen-bond donors (Lipinski definition) is 1. The number of thioether (sulfide) groups is 1. The Balaban J connectivity index is 2.11. The summed E-state index contributed by atoms with van der Waals surface area (Å²) < 4.78 is 0. The van der Waals surface area contributed by atoms with Gasteiger partial charge in [-0.05, 0) is 32.3 Å². The summed E-state index contributed by atoms with van der Waals surface area (Å²) in [5, 5.41) is 5.15. The molecule has 0 amide bonds. The largest absolute Gasteiger partial charge is 0.374 e. The van der Waals surface area contributed by atoms with Gasteiger partial charge in [-0.3, -0.25) is 0 Å². The molecule has 12 heavy (non-hydrogen) atoms. The van der Waals surface area contributed by atoms with E-state index in [0.29, 0.717) is 5.54 Å². The first kappa shape index (κ1) is 8.49. The van der Waals surface area contributed by atoms with Crippen LogP contribution in [0.25, 0.3) is 0 Å². The monoisotopic (exact) mass is 183 g/mol. The van der Waals surface area contributed by atoms with Crippen molar-refractivity contribution in [3.63, 3.8) is 0 Å². The first-order valence-corrected chi connectivity index (χ1v) is 5.79. The summed E-state index contributed by atoms with van der Waals surface area (Å²) in [5.74, 6) is 1.30. The van der Waals surface area contributed by atoms with Crippen LogP contribution in [0.1, 0.15) is 39.5 Å². The third kappa shape index (κ3) is 1.37. The van der Waals surface area contributed by atoms with Crippen LogP contribution in [0, 0.1) is 0 Å². The summed E-state index contributed by atoms with van der Waals surface area (Å²) in [5.41, 5.74) is 1.95. The van der Waals surface area contributed by atoms with Crippen LogP contribution in [0.4, 0.5) is 0 Å². The van der Waals surface area contributed by atoms with E-state index in [1.807, 2.05) is 11.8 Å². The molecule has 0 aromatic heterocycles. The lowest BCUT2D eigenvalue weighted by Gasteiger charge is -2.22. The normalized spacial score (nSPS) is 26.3. The highest BCUT2D eigenvalue weighted by atomic mass is 32.2. The Bertz CT molecular complexity index is 210. The van der Waals surface area contributed by atoms with Crippen molar-refractivity contribution in [3.05, 3.63) is 10.6 Å². The van der Waals surface area contributed by atoms with Crippen molar-refractivity contribution in [2.24, 2.45) is 0 Å². The minimum absolute atomic E-state index is 0.497. The zero-order valence-corrected chi connectivity index (χ0v) is 8.76. The van der Waals surface area contributed by atoms with Gasteiger partial charge in [0, 0.05) is 11.3 Å². The molecule has 2 aliphatic rings. The third-order valence-corrected chi connectivity index (χ3v) is 4.38. The Morgan fingerprint density at radius 2 is 2.00 bits per heavy atom. The summed E-state index contributed by atoms with van der Waals surface area (Å²) in [6.07, 6.45) is 5.61. The van der Waals surface area contributed by atoms with E-state index < -0.39 is 0 Å². The fraction of sp³-hybridized carbons (Fsp3) is 0.800. The van der Waals surface area contributed by atoms with Crippen molar-refractivity contribution in [2.75, 3.05) is 5.75 Å². The molecule has 2 fully saturated rings. The highest BCUT2D eigenvalue weighted by Gasteiger charge is 2.38. The van der Waals surface area contributed by atoms with Crippen molar-refractivity contribution < 1.29 is 0 Å². The average Bonchev–Trinajstić information content (AvgIpc) is 2.62. The van der Waals surface area contributed by atoms with Gasteiger partial charge in [0.15, 0.2) is 0 Å². The van der Waals surface area contributed by atoms with Gasteiger partial charge in [0.05, 0.1) is 5.03 Å². The summed E-state index contributed by atoms with van der Waals surface area (Å²) in [7, 11) is 0. The van der Waals surface area contributed by atoms with Crippen LogP contribution < -0.4 is 5.32 Å². The molecule has 1 aliphatic carbocycles. The van der Waals surface area contributed by atoms with Gasteiger partial charge < -0.3 is 5.32 Å². The third-order valence-electron chi connectivity index (χ3n) is 2.89. The molecule has 0 bridgehead atoms. The average molecular weight is 183 g/mol. The van der Waals surface area contributed by atoms with Crippen LogP contribution in [0.2, 0.25) is 0 Å². The molecule has 1 aliphatic heterocycles. The standard InChI is InChI=1S/C10H17NS/c1-8(2)9-11-10(7-12-9)5-3-4-6-10/h11H,3-7H2,1-2H3. The fourth-order valence-electron chi connectivity index (χ4n) is 2.11. The van der Waals surface area contributed by atoms with E-state index >= 15 is 0 Å². The zero-order valence-electron chi connectivity index (χ0n) is 7.94. The molecule has 68 valence electrons. The van der Waals surface area contributed by atoms with Gasteiger partial charge in [0.1, 0.15) is 0 Å². The van der Waals surface area contributed by atoms with E-state index in [1.54, 1.807) is 0 Å². The number of allylic oxidation sites excluding steroid dienone is 1. The van der Waals surface area contributed by atoms with Crippen LogP contribution in [0.3, 0.4) is 0 Å². The number of nitrogens with one attached hydrogen (secondary N) is 1. The van der Waals surface area contributed by atoms with Crippen LogP contribution in [0.15, 0.2) is 10.6 Å². The van der Waals surface area contributed by atoms with Crippen LogP contribution in [-0.4, -0.2) is 11.3 Å². The molecule has 2 heteroatoms. The van der Waals surface area contributed by atoms with Crippen LogP contribution in [0.5, 0.6) is 0 Å². The molecule has 0 atom stereocenters. The van der Waals surface area contributed by atoms with Gasteiger partial charge in [0.25, 0.3) is 0 Å². The molecule has 0 aromatic carbocycles. The SMILES string of the molecule is CC(C)=C1NC2(CCCC2)CS1. The van der Waals surface area contributed by atoms with Crippen LogP contribution in [-0.2, 0) is 0 Å². The van der Waals surface area contributed by atoms with Crippen molar-refractivity contribution in [3.8, 4) is 0 Å². The van der Waals surface area contributed by atoms with Gasteiger partial charge in [-0.25, -0.2) is 0 Å². The van der Waals surface area contributed by atoms with Gasteiger partial charge >= 0.3 is 0 Å². The number of hydrogen-bond acceptors (Lipinski definition) is 2. The van der Waals surface area contributed by atoms with E-state index in [0.717, 1.165) is 0 Å². The Morgan fingerprint density at radius 3 is 2.50 bits per heavy atom. The Morgan fingerprint density at radius 1 is 1.33 bits per heavy atom. The van der Waals surface area contributed by atoms with Crippen molar-refractivity contribution in [1.29, 1.82) is 0 Å². The Hall–Kier alpha value is -0.110. The van der Waals surface area contributed by atoms with Gasteiger partial charge in [0.2, 0.25) is 0 Å². The lowest BCUT2D eigenvalue weighted by atomic mass is 10.0. The second kappa shape index (κ2) is 2.99. The molecule has 0 radical (unpaired) electrons. The van der Waals surface area contributed by atoms with Crippen molar-refractivity contribution >= 4 is 11.8 Å². The molecule has 0 aromatic rings. The van der Waals surface area contributed by atoms with Gasteiger partial charge in [-0.2, -0.15) is 0 Å². The first-order chi connectivity index (χ1) is 5.72. The first-order valence-electron chi connectivity index (χ1n) is 4.80. The van der Waals surface area contributed by atoms with Gasteiger partial charge in [-0.15, -0.1) is 11.8 Å². The van der Waals surface area contributed by atoms with E-state index in [9.17, 15) is 0 Å². The van der Waals surface area contributed by atoms with E-state index in [-0.39, 0.29) is 0 Å². The zero-order chi connectivity index (χ0) is 8.60. The quantitative estimate of drug-likeness (QED) is 0.620. The predicted molar refractivity (Wildman–Crippen MR) is 55.2 cm³/mol. The fourth-order valence-corrected chi connectivity index (χ4v) is 3.47. The predicted octanol–water partition coefficient (Wildman–Crippen LogP) is 2.89. The van der Waals surface area contributed by atoms with Crippen LogP contribution >= 0.6 is 11.8 Å². The topological polar surface area (TPSA) is 12.0 Å². The summed E-state index contributed by atoms with van der Waals surface area (Å²) in [6.45, 7) is 4.40. The maximum atomic E-state index is 3.71. The molecular weight excluding hydrogens is 166 g/mol. The highest BCUT2D eigenvalue weighted by Crippen LogP contribution is 2.41. The molecule has 1 heterocycles. The highest BCUT2D eigenvalue weighted by molar-refractivity contribution is 8.03. The van der Waals surface area contributed by atoms with Crippen molar-refractivity contribution in [1.82, 2.24) is 5.32 Å². The molecule has 1 nitrogen and oxygen atoms in total. The molecule has 0 unspecified atom stereocenters. The molecule has 1 saturated carbocycles. The van der Waals surface area contributed by atoms with Crippen molar-refractivity contribution in [2.45, 2.75) is 45.1 Å². The Labute approximate surface area is 79.0 Å². The lowest BCUT2D eigenvalue weighted by Crippen LogP contribution is -2.38. The molecule has 1 saturated heterocycles.